The Kier molecular flexibility index (Phi) is 9.28. The fraction of sp³-hybridized carbons (Fsp3) is 0.417. The summed E-state index contributed by atoms with van der Waals surface area (Å²) >= 11 is 0. The Morgan fingerprint density at radius 1 is 1.06 bits per heavy atom. The van der Waals surface area contributed by atoms with Gasteiger partial charge in [-0.3, -0.25) is 13.9 Å². The average Bonchev–Trinajstić information content (AvgIpc) is 2.77. The molecule has 0 saturated heterocycles. The molecule has 0 aliphatic heterocycles. The lowest BCUT2D eigenvalue weighted by Gasteiger charge is -2.33. The van der Waals surface area contributed by atoms with Gasteiger partial charge in [-0.15, -0.1) is 0 Å². The first-order valence-corrected chi connectivity index (χ1v) is 12.7. The van der Waals surface area contributed by atoms with Gasteiger partial charge in [0.05, 0.1) is 19.1 Å². The summed E-state index contributed by atoms with van der Waals surface area (Å²) in [6.07, 6.45) is 1.43. The number of nitrogens with one attached hydrogen (secondary N) is 1. The second kappa shape index (κ2) is 11.7. The number of para-hydroxylation sites is 2. The van der Waals surface area contributed by atoms with Gasteiger partial charge in [0.2, 0.25) is 21.8 Å². The number of aryl methyl sites for hydroxylation is 1. The molecule has 0 radical (unpaired) electrons. The van der Waals surface area contributed by atoms with Gasteiger partial charge in [0.1, 0.15) is 18.3 Å². The Balaban J connectivity index is 2.48. The maximum atomic E-state index is 13.6. The number of nitrogens with zero attached hydrogens (tertiary/aromatic N) is 2. The highest BCUT2D eigenvalue weighted by Gasteiger charge is 2.32. The molecular formula is C24H33N3O5S. The molecule has 8 nitrogen and oxygen atoms in total. The van der Waals surface area contributed by atoms with E-state index in [0.717, 1.165) is 21.7 Å². The van der Waals surface area contributed by atoms with Gasteiger partial charge in [0.15, 0.2) is 0 Å². The number of amides is 2. The van der Waals surface area contributed by atoms with Crippen LogP contribution < -0.4 is 14.4 Å². The first kappa shape index (κ1) is 26.2. The summed E-state index contributed by atoms with van der Waals surface area (Å²) < 4.78 is 31.7. The molecule has 2 aromatic rings. The highest BCUT2D eigenvalue weighted by Crippen LogP contribution is 2.29. The number of anilines is 1. The molecule has 1 atom stereocenters. The summed E-state index contributed by atoms with van der Waals surface area (Å²) in [5, 5.41) is 2.78. The van der Waals surface area contributed by atoms with E-state index < -0.39 is 28.5 Å². The van der Waals surface area contributed by atoms with E-state index in [-0.39, 0.29) is 18.1 Å². The van der Waals surface area contributed by atoms with E-state index in [2.05, 4.69) is 5.32 Å². The van der Waals surface area contributed by atoms with E-state index in [9.17, 15) is 18.0 Å². The van der Waals surface area contributed by atoms with Gasteiger partial charge in [0.25, 0.3) is 0 Å². The van der Waals surface area contributed by atoms with Crippen LogP contribution in [0.2, 0.25) is 0 Å². The molecule has 180 valence electrons. The minimum absolute atomic E-state index is 0.185. The van der Waals surface area contributed by atoms with Crippen LogP contribution in [-0.4, -0.2) is 57.6 Å². The zero-order valence-corrected chi connectivity index (χ0v) is 20.7. The first-order chi connectivity index (χ1) is 15.6. The van der Waals surface area contributed by atoms with Gasteiger partial charge in [0, 0.05) is 13.1 Å². The van der Waals surface area contributed by atoms with Gasteiger partial charge < -0.3 is 15.0 Å². The first-order valence-electron chi connectivity index (χ1n) is 10.9. The van der Waals surface area contributed by atoms with Crippen molar-refractivity contribution in [2.75, 3.05) is 30.8 Å². The minimum Gasteiger partial charge on any atom is -0.495 e. The lowest BCUT2D eigenvalue weighted by atomic mass is 10.1. The molecule has 0 heterocycles. The maximum Gasteiger partial charge on any atom is 0.244 e. The highest BCUT2D eigenvalue weighted by atomic mass is 32.2. The lowest BCUT2D eigenvalue weighted by molar-refractivity contribution is -0.140. The molecule has 0 aromatic heterocycles. The van der Waals surface area contributed by atoms with E-state index in [0.29, 0.717) is 18.7 Å². The minimum atomic E-state index is -3.82. The van der Waals surface area contributed by atoms with Crippen molar-refractivity contribution in [1.29, 1.82) is 0 Å². The zero-order valence-electron chi connectivity index (χ0n) is 19.9. The normalized spacial score (nSPS) is 12.0. The molecule has 0 bridgehead atoms. The number of likely N-dealkylation sites (N-methyl/N-ethyl adjacent to an activating group) is 1. The monoisotopic (exact) mass is 475 g/mol. The van der Waals surface area contributed by atoms with Crippen LogP contribution in [0.5, 0.6) is 5.75 Å². The summed E-state index contributed by atoms with van der Waals surface area (Å²) in [5.74, 6) is -0.422. The number of hydrogen-bond acceptors (Lipinski definition) is 5. The number of sulfonamides is 1. The summed E-state index contributed by atoms with van der Waals surface area (Å²) in [6, 6.07) is 13.5. The summed E-state index contributed by atoms with van der Waals surface area (Å²) in [6.45, 7) is 5.73. The summed E-state index contributed by atoms with van der Waals surface area (Å²) in [4.78, 5) is 27.8. The molecule has 0 aliphatic carbocycles. The SMILES string of the molecule is CCNC(=O)[C@@H](CC)N(Cc1ccccc1C)C(=O)CN(c1ccccc1OC)S(C)(=O)=O. The van der Waals surface area contributed by atoms with Crippen LogP contribution in [0.4, 0.5) is 5.69 Å². The van der Waals surface area contributed by atoms with Gasteiger partial charge in [-0.25, -0.2) is 8.42 Å². The third kappa shape index (κ3) is 6.71. The Morgan fingerprint density at radius 3 is 2.27 bits per heavy atom. The molecule has 2 rings (SSSR count). The molecule has 33 heavy (non-hydrogen) atoms. The van der Waals surface area contributed by atoms with Crippen molar-refractivity contribution in [2.24, 2.45) is 0 Å². The molecule has 1 N–H and O–H groups in total. The van der Waals surface area contributed by atoms with Crippen LogP contribution in [0.15, 0.2) is 48.5 Å². The van der Waals surface area contributed by atoms with E-state index >= 15 is 0 Å². The summed E-state index contributed by atoms with van der Waals surface area (Å²) in [7, 11) is -2.38. The largest absolute Gasteiger partial charge is 0.495 e. The van der Waals surface area contributed by atoms with Crippen LogP contribution in [0.25, 0.3) is 0 Å². The lowest BCUT2D eigenvalue weighted by Crippen LogP contribution is -2.52. The van der Waals surface area contributed by atoms with E-state index in [1.807, 2.05) is 45.0 Å². The number of carbonyl (C=O) groups is 2. The fourth-order valence-corrected chi connectivity index (χ4v) is 4.47. The zero-order chi connectivity index (χ0) is 24.6. The van der Waals surface area contributed by atoms with Gasteiger partial charge >= 0.3 is 0 Å². The van der Waals surface area contributed by atoms with Gasteiger partial charge in [-0.05, 0) is 43.5 Å². The second-order valence-electron chi connectivity index (χ2n) is 7.71. The van der Waals surface area contributed by atoms with E-state index in [1.54, 1.807) is 24.3 Å². The average molecular weight is 476 g/mol. The van der Waals surface area contributed by atoms with Crippen molar-refractivity contribution in [3.63, 3.8) is 0 Å². The van der Waals surface area contributed by atoms with Crippen LogP contribution in [0, 0.1) is 6.92 Å². The Bertz CT molecular complexity index is 1070. The summed E-state index contributed by atoms with van der Waals surface area (Å²) in [5.41, 5.74) is 2.13. The van der Waals surface area contributed by atoms with Crippen LogP contribution >= 0.6 is 0 Å². The predicted octanol–water partition coefficient (Wildman–Crippen LogP) is 2.71. The van der Waals surface area contributed by atoms with Crippen molar-refractivity contribution < 1.29 is 22.7 Å². The quantitative estimate of drug-likeness (QED) is 0.539. The van der Waals surface area contributed by atoms with Crippen molar-refractivity contribution in [2.45, 2.75) is 39.8 Å². The second-order valence-corrected chi connectivity index (χ2v) is 9.62. The van der Waals surface area contributed by atoms with Crippen LogP contribution in [0.1, 0.15) is 31.4 Å². The number of carbonyl (C=O) groups excluding carboxylic acids is 2. The predicted molar refractivity (Wildman–Crippen MR) is 130 cm³/mol. The Morgan fingerprint density at radius 2 is 1.70 bits per heavy atom. The molecule has 9 heteroatoms. The highest BCUT2D eigenvalue weighted by molar-refractivity contribution is 7.92. The molecule has 0 unspecified atom stereocenters. The number of methoxy groups -OCH3 is 1. The molecular weight excluding hydrogens is 442 g/mol. The van der Waals surface area contributed by atoms with Crippen molar-refractivity contribution in [1.82, 2.24) is 10.2 Å². The Labute approximate surface area is 196 Å². The molecule has 0 aliphatic rings. The third-order valence-electron chi connectivity index (χ3n) is 5.37. The standard InChI is InChI=1S/C24H33N3O5S/c1-6-20(24(29)25-7-2)26(16-19-13-9-8-12-18(19)3)23(28)17-27(33(5,30)31)21-14-10-11-15-22(21)32-4/h8-15,20H,6-7,16-17H2,1-5H3,(H,25,29)/t20-/m1/s1. The van der Waals surface area contributed by atoms with Crippen molar-refractivity contribution >= 4 is 27.5 Å². The topological polar surface area (TPSA) is 96.0 Å². The number of hydrogen-bond donors (Lipinski definition) is 1. The fourth-order valence-electron chi connectivity index (χ4n) is 3.61. The third-order valence-corrected chi connectivity index (χ3v) is 6.50. The smallest absolute Gasteiger partial charge is 0.244 e. The number of benzene rings is 2. The van der Waals surface area contributed by atoms with Gasteiger partial charge in [-0.2, -0.15) is 0 Å². The van der Waals surface area contributed by atoms with Crippen LogP contribution in [0.3, 0.4) is 0 Å². The molecule has 2 amide bonds. The number of ether oxygens (including phenoxy) is 1. The molecule has 0 spiro atoms. The number of rotatable bonds is 11. The van der Waals surface area contributed by atoms with Crippen molar-refractivity contribution in [3.8, 4) is 5.75 Å². The van der Waals surface area contributed by atoms with E-state index in [4.69, 9.17) is 4.74 Å². The molecule has 0 saturated carbocycles. The van der Waals surface area contributed by atoms with Crippen LogP contribution in [-0.2, 0) is 26.2 Å². The van der Waals surface area contributed by atoms with Crippen molar-refractivity contribution in [3.05, 3.63) is 59.7 Å². The molecule has 2 aromatic carbocycles. The van der Waals surface area contributed by atoms with Gasteiger partial charge in [-0.1, -0.05) is 43.3 Å². The Hall–Kier alpha value is -3.07. The molecule has 0 fully saturated rings. The van der Waals surface area contributed by atoms with E-state index in [1.165, 1.54) is 12.0 Å². The maximum absolute atomic E-state index is 13.6.